The Kier molecular flexibility index (Phi) is 4.20. The molecule has 1 atom stereocenters. The van der Waals surface area contributed by atoms with E-state index >= 15 is 0 Å². The van der Waals surface area contributed by atoms with Gasteiger partial charge in [0.1, 0.15) is 17.9 Å². The summed E-state index contributed by atoms with van der Waals surface area (Å²) in [6.45, 7) is 0. The van der Waals surface area contributed by atoms with Crippen LogP contribution >= 0.6 is 0 Å². The van der Waals surface area contributed by atoms with Crippen LogP contribution in [0.5, 0.6) is 5.75 Å². The number of hydrogen-bond acceptors (Lipinski definition) is 4. The smallest absolute Gasteiger partial charge is 0.323 e. The molecule has 4 nitrogen and oxygen atoms in total. The zero-order valence-corrected chi connectivity index (χ0v) is 10.3. The van der Waals surface area contributed by atoms with Crippen LogP contribution in [0.3, 0.4) is 0 Å². The van der Waals surface area contributed by atoms with Crippen molar-refractivity contribution in [3.63, 3.8) is 0 Å². The fourth-order valence-electron chi connectivity index (χ4n) is 2.23. The molecule has 18 heavy (non-hydrogen) atoms. The molecule has 1 aliphatic carbocycles. The molecular formula is C14H19NO3. The lowest BCUT2D eigenvalue weighted by Gasteiger charge is -2.15. The largest absolute Gasteiger partial charge is 0.508 e. The molecule has 1 saturated carbocycles. The Bertz CT molecular complexity index is 396. The first-order valence-corrected chi connectivity index (χ1v) is 6.39. The van der Waals surface area contributed by atoms with Crippen molar-refractivity contribution in [1.29, 1.82) is 0 Å². The maximum atomic E-state index is 11.8. The number of aromatic hydroxyl groups is 1. The van der Waals surface area contributed by atoms with E-state index in [0.717, 1.165) is 31.2 Å². The van der Waals surface area contributed by atoms with Gasteiger partial charge in [0.15, 0.2) is 0 Å². The van der Waals surface area contributed by atoms with Gasteiger partial charge in [-0.25, -0.2) is 0 Å². The minimum absolute atomic E-state index is 0.0587. The first kappa shape index (κ1) is 12.9. The van der Waals surface area contributed by atoms with Gasteiger partial charge < -0.3 is 15.6 Å². The molecule has 0 bridgehead atoms. The molecular weight excluding hydrogens is 230 g/mol. The molecule has 2 rings (SSSR count). The Balaban J connectivity index is 1.84. The summed E-state index contributed by atoms with van der Waals surface area (Å²) in [4.78, 5) is 11.8. The average molecular weight is 249 g/mol. The molecule has 0 spiro atoms. The lowest BCUT2D eigenvalue weighted by molar-refractivity contribution is -0.150. The third-order valence-electron chi connectivity index (χ3n) is 3.28. The van der Waals surface area contributed by atoms with Crippen molar-refractivity contribution in [1.82, 2.24) is 0 Å². The molecule has 4 heteroatoms. The number of esters is 1. The molecule has 1 unspecified atom stereocenters. The number of rotatable bonds is 4. The van der Waals surface area contributed by atoms with Crippen molar-refractivity contribution in [2.75, 3.05) is 0 Å². The number of hydrogen-bond donors (Lipinski definition) is 2. The lowest BCUT2D eigenvalue weighted by Crippen LogP contribution is -2.36. The van der Waals surface area contributed by atoms with Crippen molar-refractivity contribution in [3.05, 3.63) is 29.8 Å². The van der Waals surface area contributed by atoms with E-state index in [2.05, 4.69) is 0 Å². The van der Waals surface area contributed by atoms with Crippen molar-refractivity contribution in [3.8, 4) is 5.75 Å². The van der Waals surface area contributed by atoms with Crippen LogP contribution in [0.2, 0.25) is 0 Å². The summed E-state index contributed by atoms with van der Waals surface area (Å²) in [7, 11) is 0. The Labute approximate surface area is 107 Å². The fourth-order valence-corrected chi connectivity index (χ4v) is 2.23. The number of phenolic OH excluding ortho intramolecular Hbond substituents is 1. The van der Waals surface area contributed by atoms with Gasteiger partial charge in [-0.05, 0) is 49.8 Å². The summed E-state index contributed by atoms with van der Waals surface area (Å²) in [5.41, 5.74) is 6.75. The third-order valence-corrected chi connectivity index (χ3v) is 3.28. The van der Waals surface area contributed by atoms with E-state index < -0.39 is 6.04 Å². The predicted molar refractivity (Wildman–Crippen MR) is 68.1 cm³/mol. The molecule has 0 radical (unpaired) electrons. The highest BCUT2D eigenvalue weighted by atomic mass is 16.5. The van der Waals surface area contributed by atoms with E-state index in [1.807, 2.05) is 0 Å². The summed E-state index contributed by atoms with van der Waals surface area (Å²) in [6, 6.07) is 6.07. The first-order valence-electron chi connectivity index (χ1n) is 6.39. The van der Waals surface area contributed by atoms with Gasteiger partial charge in [0, 0.05) is 0 Å². The van der Waals surface area contributed by atoms with Crippen LogP contribution in [0, 0.1) is 0 Å². The number of phenols is 1. The summed E-state index contributed by atoms with van der Waals surface area (Å²) in [5, 5.41) is 9.17. The van der Waals surface area contributed by atoms with Crippen LogP contribution in [-0.2, 0) is 16.0 Å². The monoisotopic (exact) mass is 249 g/mol. The van der Waals surface area contributed by atoms with Gasteiger partial charge in [0.05, 0.1) is 0 Å². The zero-order chi connectivity index (χ0) is 13.0. The molecule has 1 aromatic rings. The second-order valence-electron chi connectivity index (χ2n) is 4.82. The Hall–Kier alpha value is -1.55. The molecule has 1 aromatic carbocycles. The number of carbonyl (C=O) groups is 1. The van der Waals surface area contributed by atoms with Crippen LogP contribution < -0.4 is 5.73 Å². The van der Waals surface area contributed by atoms with Crippen LogP contribution in [0.1, 0.15) is 31.2 Å². The highest BCUT2D eigenvalue weighted by Crippen LogP contribution is 2.21. The maximum absolute atomic E-state index is 11.8. The van der Waals surface area contributed by atoms with Gasteiger partial charge in [-0.15, -0.1) is 0 Å². The van der Waals surface area contributed by atoms with E-state index in [0.29, 0.717) is 6.42 Å². The van der Waals surface area contributed by atoms with Crippen molar-refractivity contribution < 1.29 is 14.6 Å². The normalized spacial score (nSPS) is 17.6. The number of nitrogens with two attached hydrogens (primary N) is 1. The van der Waals surface area contributed by atoms with E-state index in [9.17, 15) is 4.79 Å². The van der Waals surface area contributed by atoms with Crippen LogP contribution in [0.25, 0.3) is 0 Å². The topological polar surface area (TPSA) is 72.5 Å². The van der Waals surface area contributed by atoms with E-state index in [1.54, 1.807) is 24.3 Å². The molecule has 0 saturated heterocycles. The van der Waals surface area contributed by atoms with Crippen LogP contribution in [0.15, 0.2) is 24.3 Å². The van der Waals surface area contributed by atoms with Crippen molar-refractivity contribution in [2.24, 2.45) is 5.73 Å². The Morgan fingerprint density at radius 3 is 2.56 bits per heavy atom. The van der Waals surface area contributed by atoms with Gasteiger partial charge >= 0.3 is 5.97 Å². The Morgan fingerprint density at radius 2 is 1.94 bits per heavy atom. The van der Waals surface area contributed by atoms with Gasteiger partial charge in [0.2, 0.25) is 0 Å². The van der Waals surface area contributed by atoms with Gasteiger partial charge in [0.25, 0.3) is 0 Å². The molecule has 98 valence electrons. The maximum Gasteiger partial charge on any atom is 0.323 e. The minimum atomic E-state index is -0.629. The standard InChI is InChI=1S/C14H19NO3/c15-13(9-10-5-7-11(16)8-6-10)14(17)18-12-3-1-2-4-12/h5-8,12-13,16H,1-4,9,15H2. The van der Waals surface area contributed by atoms with E-state index in [4.69, 9.17) is 15.6 Å². The highest BCUT2D eigenvalue weighted by molar-refractivity contribution is 5.76. The summed E-state index contributed by atoms with van der Waals surface area (Å²) >= 11 is 0. The SMILES string of the molecule is NC(Cc1ccc(O)cc1)C(=O)OC1CCCC1. The third kappa shape index (κ3) is 3.47. The molecule has 0 heterocycles. The lowest BCUT2D eigenvalue weighted by atomic mass is 10.1. The van der Waals surface area contributed by atoms with Gasteiger partial charge in [-0.3, -0.25) is 4.79 Å². The quantitative estimate of drug-likeness (QED) is 0.797. The molecule has 0 aliphatic heterocycles. The zero-order valence-electron chi connectivity index (χ0n) is 10.3. The van der Waals surface area contributed by atoms with E-state index in [-0.39, 0.29) is 17.8 Å². The number of carbonyl (C=O) groups excluding carboxylic acids is 1. The summed E-state index contributed by atoms with van der Waals surface area (Å²) < 4.78 is 5.36. The molecule has 3 N–H and O–H groups in total. The number of ether oxygens (including phenoxy) is 1. The molecule has 1 fully saturated rings. The molecule has 1 aliphatic rings. The first-order chi connectivity index (χ1) is 8.65. The second kappa shape index (κ2) is 5.87. The van der Waals surface area contributed by atoms with Crippen molar-refractivity contribution in [2.45, 2.75) is 44.2 Å². The van der Waals surface area contributed by atoms with Gasteiger partial charge in [-0.1, -0.05) is 12.1 Å². The Morgan fingerprint density at radius 1 is 1.33 bits per heavy atom. The highest BCUT2D eigenvalue weighted by Gasteiger charge is 2.23. The molecule has 0 amide bonds. The van der Waals surface area contributed by atoms with Crippen LogP contribution in [-0.4, -0.2) is 23.2 Å². The molecule has 0 aromatic heterocycles. The van der Waals surface area contributed by atoms with Crippen LogP contribution in [0.4, 0.5) is 0 Å². The average Bonchev–Trinajstić information content (AvgIpc) is 2.85. The summed E-state index contributed by atoms with van der Waals surface area (Å²) in [5.74, 6) is -0.115. The number of benzene rings is 1. The van der Waals surface area contributed by atoms with Gasteiger partial charge in [-0.2, -0.15) is 0 Å². The fraction of sp³-hybridized carbons (Fsp3) is 0.500. The predicted octanol–water partition coefficient (Wildman–Crippen LogP) is 1.75. The van der Waals surface area contributed by atoms with E-state index in [1.165, 1.54) is 0 Å². The second-order valence-corrected chi connectivity index (χ2v) is 4.82. The van der Waals surface area contributed by atoms with Crippen molar-refractivity contribution >= 4 is 5.97 Å². The summed E-state index contributed by atoms with van der Waals surface area (Å²) in [6.07, 6.45) is 4.67. The minimum Gasteiger partial charge on any atom is -0.508 e.